The summed E-state index contributed by atoms with van der Waals surface area (Å²) in [4.78, 5) is 0. The summed E-state index contributed by atoms with van der Waals surface area (Å²) in [5.74, 6) is 0. The maximum absolute atomic E-state index is 11.3. The van der Waals surface area contributed by atoms with Gasteiger partial charge < -0.3 is 24.1 Å². The highest BCUT2D eigenvalue weighted by molar-refractivity contribution is 5.15. The van der Waals surface area contributed by atoms with Gasteiger partial charge in [-0.2, -0.15) is 0 Å². The summed E-state index contributed by atoms with van der Waals surface area (Å²) in [6.45, 7) is 7.50. The van der Waals surface area contributed by atoms with Crippen LogP contribution in [0.25, 0.3) is 0 Å². The minimum atomic E-state index is -0.864. The predicted octanol–water partition coefficient (Wildman–Crippen LogP) is 5.47. The molecule has 1 aliphatic rings. The fraction of sp³-hybridized carbons (Fsp3) is 0.355. The molecule has 190 valence electrons. The second-order valence-corrected chi connectivity index (χ2v) is 9.39. The largest absolute Gasteiger partial charge is 0.388 e. The van der Waals surface area contributed by atoms with Gasteiger partial charge in [0.1, 0.15) is 24.4 Å². The molecule has 0 bridgehead atoms. The van der Waals surface area contributed by atoms with Crippen molar-refractivity contribution in [1.29, 1.82) is 0 Å². The third-order valence-electron chi connectivity index (χ3n) is 6.27. The molecule has 0 spiro atoms. The zero-order valence-electron chi connectivity index (χ0n) is 20.9. The monoisotopic (exact) mass is 488 g/mol. The van der Waals surface area contributed by atoms with Crippen LogP contribution in [0.4, 0.5) is 0 Å². The second-order valence-electron chi connectivity index (χ2n) is 9.39. The van der Waals surface area contributed by atoms with Crippen molar-refractivity contribution >= 4 is 0 Å². The number of hydrogen-bond donors (Lipinski definition) is 1. The first-order valence-electron chi connectivity index (χ1n) is 12.5. The first kappa shape index (κ1) is 26.3. The van der Waals surface area contributed by atoms with Gasteiger partial charge >= 0.3 is 0 Å². The molecule has 0 amide bonds. The van der Waals surface area contributed by atoms with Gasteiger partial charge in [0.25, 0.3) is 0 Å². The molecule has 4 rings (SSSR count). The van der Waals surface area contributed by atoms with Gasteiger partial charge in [0, 0.05) is 0 Å². The Kier molecular flexibility index (Phi) is 9.84. The maximum atomic E-state index is 11.3. The molecule has 5 atom stereocenters. The van der Waals surface area contributed by atoms with Crippen LogP contribution in [0.1, 0.15) is 30.0 Å². The van der Waals surface area contributed by atoms with Crippen LogP contribution in [-0.4, -0.2) is 42.2 Å². The molecule has 0 aliphatic carbocycles. The highest BCUT2D eigenvalue weighted by atomic mass is 16.6. The molecule has 1 heterocycles. The smallest absolute Gasteiger partial charge is 0.115 e. The summed E-state index contributed by atoms with van der Waals surface area (Å²) in [6.07, 6.45) is -2.29. The molecular weight excluding hydrogens is 452 g/mol. The van der Waals surface area contributed by atoms with Crippen LogP contribution in [0.3, 0.4) is 0 Å². The number of aliphatic hydroxyl groups is 1. The van der Waals surface area contributed by atoms with Gasteiger partial charge in [-0.05, 0) is 30.0 Å². The Morgan fingerprint density at radius 1 is 0.722 bits per heavy atom. The van der Waals surface area contributed by atoms with Gasteiger partial charge in [0.15, 0.2) is 0 Å². The van der Waals surface area contributed by atoms with Gasteiger partial charge in [-0.1, -0.05) is 96.6 Å². The van der Waals surface area contributed by atoms with Crippen molar-refractivity contribution < 1.29 is 24.1 Å². The molecule has 3 aromatic rings. The SMILES string of the molecule is C=C(C)C[C@@H]1O[C@H](COCc2ccccc2)[C@@H](OCc2ccccc2)[C@H](OCc2ccccc2)[C@H]1O. The summed E-state index contributed by atoms with van der Waals surface area (Å²) in [6, 6.07) is 30.0. The van der Waals surface area contributed by atoms with Crippen molar-refractivity contribution in [3.05, 3.63) is 120 Å². The maximum Gasteiger partial charge on any atom is 0.115 e. The lowest BCUT2D eigenvalue weighted by atomic mass is 9.91. The van der Waals surface area contributed by atoms with E-state index in [1.165, 1.54) is 0 Å². The normalized spacial score (nSPS) is 23.9. The Hall–Kier alpha value is -2.80. The van der Waals surface area contributed by atoms with E-state index in [-0.39, 0.29) is 0 Å². The van der Waals surface area contributed by atoms with Crippen molar-refractivity contribution in [3.63, 3.8) is 0 Å². The van der Waals surface area contributed by atoms with Crippen molar-refractivity contribution in [3.8, 4) is 0 Å². The molecule has 1 N–H and O–H groups in total. The lowest BCUT2D eigenvalue weighted by Gasteiger charge is -2.44. The number of aliphatic hydroxyl groups excluding tert-OH is 1. The fourth-order valence-electron chi connectivity index (χ4n) is 4.44. The lowest BCUT2D eigenvalue weighted by Crippen LogP contribution is -2.60. The average molecular weight is 489 g/mol. The first-order chi connectivity index (χ1) is 17.6. The second kappa shape index (κ2) is 13.5. The van der Waals surface area contributed by atoms with E-state index >= 15 is 0 Å². The van der Waals surface area contributed by atoms with Crippen molar-refractivity contribution in [2.75, 3.05) is 6.61 Å². The van der Waals surface area contributed by atoms with Gasteiger partial charge in [-0.25, -0.2) is 0 Å². The molecule has 0 aromatic heterocycles. The van der Waals surface area contributed by atoms with E-state index in [1.807, 2.05) is 97.9 Å². The van der Waals surface area contributed by atoms with Crippen LogP contribution >= 0.6 is 0 Å². The zero-order chi connectivity index (χ0) is 25.2. The molecule has 1 fully saturated rings. The van der Waals surface area contributed by atoms with Gasteiger partial charge in [0.05, 0.1) is 32.5 Å². The molecule has 5 nitrogen and oxygen atoms in total. The van der Waals surface area contributed by atoms with Gasteiger partial charge in [-0.15, -0.1) is 6.58 Å². The van der Waals surface area contributed by atoms with E-state index in [0.717, 1.165) is 22.3 Å². The fourth-order valence-corrected chi connectivity index (χ4v) is 4.44. The molecule has 1 aliphatic heterocycles. The number of hydrogen-bond acceptors (Lipinski definition) is 5. The molecule has 0 saturated carbocycles. The van der Waals surface area contributed by atoms with Crippen LogP contribution in [0.5, 0.6) is 0 Å². The Balaban J connectivity index is 1.52. The Bertz CT molecular complexity index is 1040. The van der Waals surface area contributed by atoms with Crippen LogP contribution < -0.4 is 0 Å². The molecule has 36 heavy (non-hydrogen) atoms. The summed E-state index contributed by atoms with van der Waals surface area (Å²) in [5, 5.41) is 11.3. The lowest BCUT2D eigenvalue weighted by molar-refractivity contribution is -0.260. The van der Waals surface area contributed by atoms with Crippen LogP contribution in [0.15, 0.2) is 103 Å². The third-order valence-corrected chi connectivity index (χ3v) is 6.27. The average Bonchev–Trinajstić information content (AvgIpc) is 2.90. The summed E-state index contributed by atoms with van der Waals surface area (Å²) in [7, 11) is 0. The van der Waals surface area contributed by atoms with E-state index in [0.29, 0.717) is 32.8 Å². The minimum absolute atomic E-state index is 0.318. The standard InChI is InChI=1S/C31H36O5/c1-23(2)18-27-29(32)31(35-21-26-16-10-5-11-17-26)30(34-20-25-14-8-4-9-15-25)28(36-27)22-33-19-24-12-6-3-7-13-24/h3-17,27-32H,1,18-22H2,2H3/t27-,28+,29-,30+,31+/m0/s1. The zero-order valence-corrected chi connectivity index (χ0v) is 20.9. The summed E-state index contributed by atoms with van der Waals surface area (Å²) >= 11 is 0. The molecule has 3 aromatic carbocycles. The summed E-state index contributed by atoms with van der Waals surface area (Å²) < 4.78 is 25.2. The van der Waals surface area contributed by atoms with Gasteiger partial charge in [-0.3, -0.25) is 0 Å². The van der Waals surface area contributed by atoms with E-state index < -0.39 is 30.5 Å². The number of rotatable bonds is 12. The molecule has 0 radical (unpaired) electrons. The predicted molar refractivity (Wildman–Crippen MR) is 140 cm³/mol. The number of benzene rings is 3. The highest BCUT2D eigenvalue weighted by Crippen LogP contribution is 2.30. The topological polar surface area (TPSA) is 57.2 Å². The highest BCUT2D eigenvalue weighted by Gasteiger charge is 2.46. The Labute approximate surface area is 214 Å². The molecule has 5 heteroatoms. The van der Waals surface area contributed by atoms with Crippen molar-refractivity contribution in [2.24, 2.45) is 0 Å². The summed E-state index contributed by atoms with van der Waals surface area (Å²) in [5.41, 5.74) is 4.10. The molecule has 1 saturated heterocycles. The first-order valence-corrected chi connectivity index (χ1v) is 12.5. The minimum Gasteiger partial charge on any atom is -0.388 e. The van der Waals surface area contributed by atoms with Crippen molar-refractivity contribution in [2.45, 2.75) is 63.7 Å². The van der Waals surface area contributed by atoms with E-state index in [4.69, 9.17) is 18.9 Å². The van der Waals surface area contributed by atoms with Crippen LogP contribution in [0, 0.1) is 0 Å². The molecular formula is C31H36O5. The van der Waals surface area contributed by atoms with E-state index in [1.54, 1.807) is 0 Å². The van der Waals surface area contributed by atoms with Crippen LogP contribution in [-0.2, 0) is 38.8 Å². The number of ether oxygens (including phenoxy) is 4. The van der Waals surface area contributed by atoms with E-state index in [9.17, 15) is 5.11 Å². The third kappa shape index (κ3) is 7.60. The Morgan fingerprint density at radius 3 is 1.69 bits per heavy atom. The Morgan fingerprint density at radius 2 is 1.19 bits per heavy atom. The van der Waals surface area contributed by atoms with Gasteiger partial charge in [0.2, 0.25) is 0 Å². The quantitative estimate of drug-likeness (QED) is 0.343. The van der Waals surface area contributed by atoms with Crippen molar-refractivity contribution in [1.82, 2.24) is 0 Å². The van der Waals surface area contributed by atoms with Crippen LogP contribution in [0.2, 0.25) is 0 Å². The van der Waals surface area contributed by atoms with E-state index in [2.05, 4.69) is 6.58 Å². The molecule has 0 unspecified atom stereocenters.